The third kappa shape index (κ3) is 4.87. The van der Waals surface area contributed by atoms with Crippen molar-refractivity contribution in [2.24, 2.45) is 5.92 Å². The molecule has 2 fully saturated rings. The van der Waals surface area contributed by atoms with E-state index in [0.717, 1.165) is 31.0 Å². The summed E-state index contributed by atoms with van der Waals surface area (Å²) in [5, 5.41) is 3.38. The molecule has 6 rings (SSSR count). The van der Waals surface area contributed by atoms with E-state index in [0.29, 0.717) is 62.0 Å². The fourth-order valence-electron chi connectivity index (χ4n) is 7.02. The van der Waals surface area contributed by atoms with Gasteiger partial charge in [-0.05, 0) is 68.1 Å². The van der Waals surface area contributed by atoms with E-state index >= 15 is 0 Å². The van der Waals surface area contributed by atoms with Crippen LogP contribution < -0.4 is 15.0 Å². The van der Waals surface area contributed by atoms with Crippen LogP contribution >= 0.6 is 0 Å². The van der Waals surface area contributed by atoms with E-state index in [-0.39, 0.29) is 23.7 Å². The van der Waals surface area contributed by atoms with Crippen molar-refractivity contribution < 1.29 is 22.7 Å². The SMILES string of the molecule is CCOc1ncccc1-c1ccc2c(n1)C(=O)N([C@H]1CCNC1)CC21CCN(c2ncccc2C(F)(F)F)CC1CC. The average Bonchev–Trinajstić information content (AvgIpc) is 3.54. The Morgan fingerprint density at radius 2 is 1.93 bits per heavy atom. The lowest BCUT2D eigenvalue weighted by Gasteiger charge is -2.53. The summed E-state index contributed by atoms with van der Waals surface area (Å²) in [5.41, 5.74) is 1.44. The number of halogens is 3. The number of piperidine rings is 1. The fourth-order valence-corrected chi connectivity index (χ4v) is 7.02. The Kier molecular flexibility index (Phi) is 7.55. The van der Waals surface area contributed by atoms with E-state index < -0.39 is 17.2 Å². The van der Waals surface area contributed by atoms with Crippen molar-refractivity contribution in [3.63, 3.8) is 0 Å². The summed E-state index contributed by atoms with van der Waals surface area (Å²) >= 11 is 0. The molecule has 8 nitrogen and oxygen atoms in total. The second-order valence-electron chi connectivity index (χ2n) is 11.3. The van der Waals surface area contributed by atoms with Gasteiger partial charge in [0.25, 0.3) is 5.91 Å². The number of alkyl halides is 3. The van der Waals surface area contributed by atoms with Gasteiger partial charge in [-0.1, -0.05) is 19.4 Å². The molecule has 0 radical (unpaired) electrons. The Labute approximate surface area is 243 Å². The van der Waals surface area contributed by atoms with Crippen LogP contribution in [0.5, 0.6) is 5.88 Å². The molecule has 1 N–H and O–H groups in total. The summed E-state index contributed by atoms with van der Waals surface area (Å²) in [7, 11) is 0. The lowest BCUT2D eigenvalue weighted by molar-refractivity contribution is -0.137. The van der Waals surface area contributed by atoms with Gasteiger partial charge in [-0.15, -0.1) is 0 Å². The van der Waals surface area contributed by atoms with E-state index in [1.54, 1.807) is 11.1 Å². The van der Waals surface area contributed by atoms with Crippen LogP contribution in [-0.4, -0.2) is 71.1 Å². The van der Waals surface area contributed by atoms with Crippen LogP contribution in [0.3, 0.4) is 0 Å². The predicted molar refractivity (Wildman–Crippen MR) is 152 cm³/mol. The van der Waals surface area contributed by atoms with Crippen LogP contribution in [0, 0.1) is 5.92 Å². The number of rotatable bonds is 6. The number of hydrogen-bond donors (Lipinski definition) is 1. The van der Waals surface area contributed by atoms with Gasteiger partial charge in [0.05, 0.1) is 23.4 Å². The van der Waals surface area contributed by atoms with Crippen molar-refractivity contribution in [2.45, 2.75) is 50.7 Å². The highest BCUT2D eigenvalue weighted by Crippen LogP contribution is 2.48. The van der Waals surface area contributed by atoms with Gasteiger partial charge in [-0.2, -0.15) is 13.2 Å². The van der Waals surface area contributed by atoms with Crippen LogP contribution in [-0.2, 0) is 11.6 Å². The first-order valence-corrected chi connectivity index (χ1v) is 14.7. The van der Waals surface area contributed by atoms with E-state index in [2.05, 4.69) is 22.2 Å². The third-order valence-electron chi connectivity index (χ3n) is 9.09. The highest BCUT2D eigenvalue weighted by Gasteiger charge is 2.52. The van der Waals surface area contributed by atoms with Crippen LogP contribution in [0.4, 0.5) is 19.0 Å². The van der Waals surface area contributed by atoms with Crippen molar-refractivity contribution in [1.29, 1.82) is 0 Å². The first-order valence-electron chi connectivity index (χ1n) is 14.7. The van der Waals surface area contributed by atoms with Crippen molar-refractivity contribution in [2.75, 3.05) is 44.2 Å². The van der Waals surface area contributed by atoms with Crippen LogP contribution in [0.15, 0.2) is 48.8 Å². The van der Waals surface area contributed by atoms with E-state index in [1.165, 1.54) is 12.3 Å². The molecule has 1 spiro atoms. The zero-order chi connectivity index (χ0) is 29.5. The molecule has 0 aromatic carbocycles. The highest BCUT2D eigenvalue weighted by molar-refractivity contribution is 5.96. The lowest BCUT2D eigenvalue weighted by Crippen LogP contribution is -2.61. The lowest BCUT2D eigenvalue weighted by atomic mass is 9.62. The number of ether oxygens (including phenoxy) is 1. The number of aromatic nitrogens is 3. The minimum absolute atomic E-state index is 0.0249. The minimum Gasteiger partial charge on any atom is -0.477 e. The maximum atomic E-state index is 14.1. The number of fused-ring (bicyclic) bond motifs is 2. The van der Waals surface area contributed by atoms with Crippen LogP contribution in [0.25, 0.3) is 11.3 Å². The van der Waals surface area contributed by atoms with Crippen LogP contribution in [0.2, 0.25) is 0 Å². The molecule has 42 heavy (non-hydrogen) atoms. The smallest absolute Gasteiger partial charge is 0.419 e. The fraction of sp³-hybridized carbons (Fsp3) is 0.484. The monoisotopic (exact) mass is 580 g/mol. The number of carbonyl (C=O) groups excluding carboxylic acids is 1. The number of anilines is 1. The van der Waals surface area contributed by atoms with Gasteiger partial charge in [-0.3, -0.25) is 4.79 Å². The van der Waals surface area contributed by atoms with E-state index in [1.807, 2.05) is 36.1 Å². The molecule has 3 atom stereocenters. The normalized spacial score (nSPS) is 24.3. The second-order valence-corrected chi connectivity index (χ2v) is 11.3. The van der Waals surface area contributed by atoms with Gasteiger partial charge in [0.1, 0.15) is 11.5 Å². The summed E-state index contributed by atoms with van der Waals surface area (Å²) < 4.78 is 47.5. The maximum Gasteiger partial charge on any atom is 0.419 e. The molecule has 3 aliphatic rings. The molecule has 2 saturated heterocycles. The largest absolute Gasteiger partial charge is 0.477 e. The molecule has 6 heterocycles. The Morgan fingerprint density at radius 1 is 1.12 bits per heavy atom. The molecule has 3 aromatic heterocycles. The van der Waals surface area contributed by atoms with Gasteiger partial charge in [-0.25, -0.2) is 15.0 Å². The number of nitrogens with zero attached hydrogens (tertiary/aromatic N) is 5. The molecule has 3 aliphatic heterocycles. The van der Waals surface area contributed by atoms with Gasteiger partial charge in [0, 0.05) is 50.0 Å². The number of hydrogen-bond acceptors (Lipinski definition) is 7. The summed E-state index contributed by atoms with van der Waals surface area (Å²) in [6.45, 7) is 7.26. The summed E-state index contributed by atoms with van der Waals surface area (Å²) in [6, 6.07) is 10.1. The Hall–Kier alpha value is -3.73. The zero-order valence-electron chi connectivity index (χ0n) is 23.8. The molecule has 222 valence electrons. The van der Waals surface area contributed by atoms with Crippen molar-refractivity contribution in [3.05, 3.63) is 65.6 Å². The maximum absolute atomic E-state index is 14.1. The Bertz CT molecular complexity index is 1460. The molecule has 2 unspecified atom stereocenters. The molecule has 0 aliphatic carbocycles. The first-order chi connectivity index (χ1) is 20.3. The quantitative estimate of drug-likeness (QED) is 0.442. The van der Waals surface area contributed by atoms with Gasteiger partial charge < -0.3 is 19.9 Å². The number of amides is 1. The topological polar surface area (TPSA) is 83.5 Å². The van der Waals surface area contributed by atoms with Crippen LogP contribution in [0.1, 0.15) is 54.7 Å². The van der Waals surface area contributed by atoms with Gasteiger partial charge >= 0.3 is 6.18 Å². The highest BCUT2D eigenvalue weighted by atomic mass is 19.4. The molecule has 3 aromatic rings. The summed E-state index contributed by atoms with van der Waals surface area (Å²) in [5.74, 6) is 0.297. The second kappa shape index (κ2) is 11.2. The Morgan fingerprint density at radius 3 is 2.67 bits per heavy atom. The summed E-state index contributed by atoms with van der Waals surface area (Å²) in [6.07, 6.45) is 0.735. The molecule has 1 amide bonds. The first kappa shape index (κ1) is 28.4. The third-order valence-corrected chi connectivity index (χ3v) is 9.09. The average molecular weight is 581 g/mol. The molecular weight excluding hydrogens is 545 g/mol. The zero-order valence-corrected chi connectivity index (χ0v) is 23.8. The minimum atomic E-state index is -4.50. The molecular formula is C31H35F3N6O2. The Balaban J connectivity index is 1.43. The van der Waals surface area contributed by atoms with Crippen molar-refractivity contribution in [1.82, 2.24) is 25.2 Å². The van der Waals surface area contributed by atoms with E-state index in [4.69, 9.17) is 9.72 Å². The summed E-state index contributed by atoms with van der Waals surface area (Å²) in [4.78, 5) is 31.3. The molecule has 11 heteroatoms. The molecule has 0 bridgehead atoms. The predicted octanol–water partition coefficient (Wildman–Crippen LogP) is 4.95. The number of nitrogens with one attached hydrogen (secondary N) is 1. The van der Waals surface area contributed by atoms with Gasteiger partial charge in [0.15, 0.2) is 0 Å². The van der Waals surface area contributed by atoms with Crippen molar-refractivity contribution >= 4 is 11.7 Å². The van der Waals surface area contributed by atoms with Gasteiger partial charge in [0.2, 0.25) is 5.88 Å². The number of carbonyl (C=O) groups is 1. The standard InChI is InChI=1S/C31H35F3N6O2/c1-3-20-18-39(27-24(31(32,33)34)8-6-13-36-27)16-12-30(20)19-40(21-11-15-35-17-21)29(41)26-23(30)9-10-25(38-26)22-7-5-14-37-28(22)42-4-2/h5-10,13-14,20-21,35H,3-4,11-12,15-19H2,1-2H3/t20?,21-,30?/m0/s1. The number of pyridine rings is 3. The van der Waals surface area contributed by atoms with Crippen molar-refractivity contribution in [3.8, 4) is 17.1 Å². The molecule has 0 saturated carbocycles. The van der Waals surface area contributed by atoms with E-state index in [9.17, 15) is 18.0 Å².